The molecular formula is C60H38N2. The molecule has 0 radical (unpaired) electrons. The molecule has 0 unspecified atom stereocenters. The monoisotopic (exact) mass is 786 g/mol. The van der Waals surface area contributed by atoms with Gasteiger partial charge in [0.25, 0.3) is 0 Å². The van der Waals surface area contributed by atoms with Crippen LogP contribution in [-0.2, 0) is 0 Å². The molecule has 0 aliphatic carbocycles. The number of hydrogen-bond donors (Lipinski definition) is 0. The molecule has 0 aliphatic rings. The van der Waals surface area contributed by atoms with E-state index in [1.165, 1.54) is 81.9 Å². The van der Waals surface area contributed by atoms with Gasteiger partial charge in [0.05, 0.1) is 11.4 Å². The number of rotatable bonds is 6. The van der Waals surface area contributed by atoms with Crippen molar-refractivity contribution in [3.05, 3.63) is 231 Å². The third-order valence-electron chi connectivity index (χ3n) is 12.5. The van der Waals surface area contributed by atoms with E-state index in [-0.39, 0.29) is 0 Å². The average Bonchev–Trinajstić information content (AvgIpc) is 3.35. The lowest BCUT2D eigenvalue weighted by atomic mass is 9.82. The van der Waals surface area contributed by atoms with Crippen molar-refractivity contribution in [1.82, 2.24) is 9.97 Å². The Labute approximate surface area is 360 Å². The Balaban J connectivity index is 1.07. The van der Waals surface area contributed by atoms with Crippen LogP contribution in [0.1, 0.15) is 0 Å². The fraction of sp³-hybridized carbons (Fsp3) is 0. The zero-order chi connectivity index (χ0) is 41.0. The highest BCUT2D eigenvalue weighted by Gasteiger charge is 2.21. The minimum absolute atomic E-state index is 0.699. The molecular weight excluding hydrogens is 749 g/mol. The van der Waals surface area contributed by atoms with Crippen molar-refractivity contribution in [3.63, 3.8) is 0 Å². The van der Waals surface area contributed by atoms with Gasteiger partial charge in [0.2, 0.25) is 0 Å². The van der Waals surface area contributed by atoms with Crippen LogP contribution < -0.4 is 0 Å². The van der Waals surface area contributed by atoms with Gasteiger partial charge < -0.3 is 0 Å². The Bertz CT molecular complexity index is 3670. The van der Waals surface area contributed by atoms with E-state index < -0.39 is 0 Å². The predicted molar refractivity (Wildman–Crippen MR) is 262 cm³/mol. The fourth-order valence-corrected chi connectivity index (χ4v) is 9.54. The Morgan fingerprint density at radius 1 is 0.242 bits per heavy atom. The van der Waals surface area contributed by atoms with Crippen LogP contribution in [0.4, 0.5) is 0 Å². The lowest BCUT2D eigenvalue weighted by Gasteiger charge is -2.21. The molecule has 2 heteroatoms. The highest BCUT2D eigenvalue weighted by molar-refractivity contribution is 6.29. The molecule has 1 heterocycles. The fourth-order valence-electron chi connectivity index (χ4n) is 9.54. The lowest BCUT2D eigenvalue weighted by Crippen LogP contribution is -1.97. The molecule has 0 saturated carbocycles. The zero-order valence-corrected chi connectivity index (χ0v) is 33.8. The number of aromatic nitrogens is 2. The largest absolute Gasteiger partial charge is 0.228 e. The van der Waals surface area contributed by atoms with Crippen LogP contribution in [-0.4, -0.2) is 9.97 Å². The summed E-state index contributed by atoms with van der Waals surface area (Å²) in [6.45, 7) is 0. The molecule has 0 spiro atoms. The van der Waals surface area contributed by atoms with Crippen LogP contribution in [0.2, 0.25) is 0 Å². The second-order valence-electron chi connectivity index (χ2n) is 16.0. The Morgan fingerprint density at radius 3 is 1.50 bits per heavy atom. The van der Waals surface area contributed by atoms with Gasteiger partial charge in [0.15, 0.2) is 5.82 Å². The molecule has 0 saturated heterocycles. The van der Waals surface area contributed by atoms with Crippen molar-refractivity contribution in [2.24, 2.45) is 0 Å². The van der Waals surface area contributed by atoms with Gasteiger partial charge in [-0.05, 0) is 99.4 Å². The lowest BCUT2D eigenvalue weighted by molar-refractivity contribution is 1.18. The quantitative estimate of drug-likeness (QED) is 0.124. The molecule has 12 aromatic rings. The summed E-state index contributed by atoms with van der Waals surface area (Å²) in [6.07, 6.45) is 0. The molecule has 0 amide bonds. The van der Waals surface area contributed by atoms with Gasteiger partial charge in [0.1, 0.15) is 0 Å². The first-order valence-corrected chi connectivity index (χ1v) is 21.2. The highest BCUT2D eigenvalue weighted by Crippen LogP contribution is 2.48. The topological polar surface area (TPSA) is 25.8 Å². The molecule has 12 rings (SSSR count). The van der Waals surface area contributed by atoms with E-state index in [1.807, 2.05) is 6.07 Å². The average molecular weight is 787 g/mol. The van der Waals surface area contributed by atoms with Crippen LogP contribution in [0, 0.1) is 0 Å². The van der Waals surface area contributed by atoms with E-state index in [0.717, 1.165) is 33.5 Å². The second-order valence-corrected chi connectivity index (χ2v) is 16.0. The molecule has 0 fully saturated rings. The SMILES string of the molecule is c1ccc(-c2nc(-c3ccc(-c4ccc5ccccc5c4)cc3)cc(-c3ccc(-c4c5ccccc5c(-c5ccccc5)c5ccc6ccccc6c45)c4ccccc34)n2)cc1. The van der Waals surface area contributed by atoms with Gasteiger partial charge in [-0.25, -0.2) is 9.97 Å². The second kappa shape index (κ2) is 14.8. The first kappa shape index (κ1) is 35.7. The van der Waals surface area contributed by atoms with Crippen molar-refractivity contribution >= 4 is 53.9 Å². The standard InChI is InChI=1S/C60H38N2/c1-3-17-43(18-4-1)57-51-25-13-14-26-52(51)59(58-47-22-10-9-16-41(47)33-34-54(57)58)53-36-35-50(48-23-11-12-24-49(48)53)56-38-55(61-60(62-56)44-19-5-2-6-20-44)42-30-27-40(28-31-42)46-32-29-39-15-7-8-21-45(39)37-46/h1-38H. The van der Waals surface area contributed by atoms with Crippen molar-refractivity contribution in [3.8, 4) is 67.3 Å². The smallest absolute Gasteiger partial charge is 0.160 e. The number of benzene rings is 11. The first-order valence-electron chi connectivity index (χ1n) is 21.2. The van der Waals surface area contributed by atoms with Gasteiger partial charge in [-0.1, -0.05) is 218 Å². The van der Waals surface area contributed by atoms with Crippen molar-refractivity contribution in [1.29, 1.82) is 0 Å². The molecule has 0 bridgehead atoms. The van der Waals surface area contributed by atoms with Crippen LogP contribution >= 0.6 is 0 Å². The van der Waals surface area contributed by atoms with Crippen LogP contribution in [0.25, 0.3) is 121 Å². The van der Waals surface area contributed by atoms with E-state index >= 15 is 0 Å². The third-order valence-corrected chi connectivity index (χ3v) is 12.5. The Morgan fingerprint density at radius 2 is 0.758 bits per heavy atom. The number of fused-ring (bicyclic) bond motifs is 6. The summed E-state index contributed by atoms with van der Waals surface area (Å²) in [5.74, 6) is 0.699. The molecule has 1 aromatic heterocycles. The summed E-state index contributed by atoms with van der Waals surface area (Å²) < 4.78 is 0. The highest BCUT2D eigenvalue weighted by atomic mass is 14.9. The maximum Gasteiger partial charge on any atom is 0.160 e. The van der Waals surface area contributed by atoms with Crippen LogP contribution in [0.15, 0.2) is 231 Å². The number of hydrogen-bond acceptors (Lipinski definition) is 2. The summed E-state index contributed by atoms with van der Waals surface area (Å²) in [5.41, 5.74) is 12.1. The molecule has 0 atom stereocenters. The summed E-state index contributed by atoms with van der Waals surface area (Å²) in [4.78, 5) is 10.5. The van der Waals surface area contributed by atoms with Gasteiger partial charge in [0, 0.05) is 16.7 Å². The summed E-state index contributed by atoms with van der Waals surface area (Å²) >= 11 is 0. The van der Waals surface area contributed by atoms with E-state index in [2.05, 4.69) is 224 Å². The Hall–Kier alpha value is -8.20. The van der Waals surface area contributed by atoms with Crippen molar-refractivity contribution < 1.29 is 0 Å². The Kier molecular flexibility index (Phi) is 8.53. The zero-order valence-electron chi connectivity index (χ0n) is 33.8. The van der Waals surface area contributed by atoms with E-state index in [9.17, 15) is 0 Å². The molecule has 0 N–H and O–H groups in total. The molecule has 2 nitrogen and oxygen atoms in total. The summed E-state index contributed by atoms with van der Waals surface area (Å²) in [7, 11) is 0. The van der Waals surface area contributed by atoms with E-state index in [0.29, 0.717) is 5.82 Å². The third kappa shape index (κ3) is 6.04. The van der Waals surface area contributed by atoms with E-state index in [1.54, 1.807) is 0 Å². The normalized spacial score (nSPS) is 11.5. The maximum atomic E-state index is 5.32. The van der Waals surface area contributed by atoms with Gasteiger partial charge in [-0.15, -0.1) is 0 Å². The van der Waals surface area contributed by atoms with Crippen molar-refractivity contribution in [2.45, 2.75) is 0 Å². The van der Waals surface area contributed by atoms with Crippen LogP contribution in [0.3, 0.4) is 0 Å². The molecule has 11 aromatic carbocycles. The van der Waals surface area contributed by atoms with Gasteiger partial charge in [-0.2, -0.15) is 0 Å². The first-order chi connectivity index (χ1) is 30.7. The summed E-state index contributed by atoms with van der Waals surface area (Å²) in [5, 5.41) is 12.3. The van der Waals surface area contributed by atoms with Crippen LogP contribution in [0.5, 0.6) is 0 Å². The molecule has 288 valence electrons. The minimum atomic E-state index is 0.699. The minimum Gasteiger partial charge on any atom is -0.228 e. The maximum absolute atomic E-state index is 5.32. The number of nitrogens with zero attached hydrogens (tertiary/aromatic N) is 2. The van der Waals surface area contributed by atoms with Gasteiger partial charge >= 0.3 is 0 Å². The van der Waals surface area contributed by atoms with Crippen molar-refractivity contribution in [2.75, 3.05) is 0 Å². The summed E-state index contributed by atoms with van der Waals surface area (Å²) in [6, 6.07) is 83.0. The van der Waals surface area contributed by atoms with Gasteiger partial charge in [-0.3, -0.25) is 0 Å². The van der Waals surface area contributed by atoms with E-state index in [4.69, 9.17) is 9.97 Å². The molecule has 0 aliphatic heterocycles. The molecule has 62 heavy (non-hydrogen) atoms. The predicted octanol–water partition coefficient (Wildman–Crippen LogP) is 16.2.